The summed E-state index contributed by atoms with van der Waals surface area (Å²) < 4.78 is 4.10. The summed E-state index contributed by atoms with van der Waals surface area (Å²) in [5.74, 6) is 1.21. The minimum atomic E-state index is 0.149. The molecule has 2 aromatic carbocycles. The van der Waals surface area contributed by atoms with E-state index in [1.165, 1.54) is 0 Å². The number of amides is 1. The molecular formula is C22H24N6O. The van der Waals surface area contributed by atoms with E-state index < -0.39 is 0 Å². The molecule has 7 nitrogen and oxygen atoms in total. The Kier molecular flexibility index (Phi) is 4.52. The largest absolute Gasteiger partial charge is 0.339 e. The van der Waals surface area contributed by atoms with Crippen LogP contribution in [-0.2, 0) is 24.9 Å². The summed E-state index contributed by atoms with van der Waals surface area (Å²) in [5.41, 5.74) is 4.11. The van der Waals surface area contributed by atoms with E-state index in [-0.39, 0.29) is 5.91 Å². The van der Waals surface area contributed by atoms with Gasteiger partial charge in [-0.15, -0.1) is 0 Å². The lowest BCUT2D eigenvalue weighted by Crippen LogP contribution is -2.49. The smallest absolute Gasteiger partial charge is 0.242 e. The van der Waals surface area contributed by atoms with Gasteiger partial charge in [0, 0.05) is 33.2 Å². The fraction of sp³-hybridized carbons (Fsp3) is 0.318. The van der Waals surface area contributed by atoms with Crippen molar-refractivity contribution in [3.8, 4) is 0 Å². The SMILES string of the molecule is Cn1c(CN2CCN(C(=O)Cn3cnc4ccccc43)CC2)nc2ccccc21. The van der Waals surface area contributed by atoms with E-state index in [1.54, 1.807) is 6.33 Å². The van der Waals surface area contributed by atoms with Gasteiger partial charge in [-0.25, -0.2) is 9.97 Å². The molecule has 0 atom stereocenters. The number of carbonyl (C=O) groups excluding carboxylic acids is 1. The first-order valence-corrected chi connectivity index (χ1v) is 9.99. The zero-order valence-electron chi connectivity index (χ0n) is 16.5. The van der Waals surface area contributed by atoms with Crippen molar-refractivity contribution in [3.63, 3.8) is 0 Å². The van der Waals surface area contributed by atoms with Crippen LogP contribution in [0.25, 0.3) is 22.1 Å². The number of rotatable bonds is 4. The molecule has 0 spiro atoms. The Hall–Kier alpha value is -3.19. The molecule has 0 bridgehead atoms. The molecule has 0 unspecified atom stereocenters. The minimum absolute atomic E-state index is 0.149. The summed E-state index contributed by atoms with van der Waals surface area (Å²) in [4.78, 5) is 26.3. The highest BCUT2D eigenvalue weighted by Gasteiger charge is 2.23. The van der Waals surface area contributed by atoms with Gasteiger partial charge in [0.1, 0.15) is 12.4 Å². The van der Waals surface area contributed by atoms with E-state index in [1.807, 2.05) is 45.9 Å². The van der Waals surface area contributed by atoms with Crippen LogP contribution in [0.5, 0.6) is 0 Å². The molecular weight excluding hydrogens is 364 g/mol. The quantitative estimate of drug-likeness (QED) is 0.538. The first-order chi connectivity index (χ1) is 14.2. The Balaban J connectivity index is 1.21. The maximum atomic E-state index is 12.8. The third kappa shape index (κ3) is 3.38. The molecule has 2 aromatic heterocycles. The van der Waals surface area contributed by atoms with Gasteiger partial charge in [0.25, 0.3) is 0 Å². The number of aryl methyl sites for hydroxylation is 1. The third-order valence-corrected chi connectivity index (χ3v) is 5.80. The summed E-state index contributed by atoms with van der Waals surface area (Å²) >= 11 is 0. The number of benzene rings is 2. The topological polar surface area (TPSA) is 59.2 Å². The van der Waals surface area contributed by atoms with Gasteiger partial charge < -0.3 is 14.0 Å². The number of para-hydroxylation sites is 4. The highest BCUT2D eigenvalue weighted by Crippen LogP contribution is 2.17. The third-order valence-electron chi connectivity index (χ3n) is 5.80. The van der Waals surface area contributed by atoms with Gasteiger partial charge in [0.2, 0.25) is 5.91 Å². The summed E-state index contributed by atoms with van der Waals surface area (Å²) in [7, 11) is 2.07. The molecule has 5 rings (SSSR count). The van der Waals surface area contributed by atoms with Crippen LogP contribution < -0.4 is 0 Å². The van der Waals surface area contributed by atoms with Crippen LogP contribution in [0.15, 0.2) is 54.9 Å². The van der Waals surface area contributed by atoms with Crippen molar-refractivity contribution in [2.45, 2.75) is 13.1 Å². The van der Waals surface area contributed by atoms with Gasteiger partial charge in [0.15, 0.2) is 0 Å². The molecule has 148 valence electrons. The van der Waals surface area contributed by atoms with Crippen LogP contribution in [0, 0.1) is 0 Å². The number of carbonyl (C=O) groups is 1. The highest BCUT2D eigenvalue weighted by atomic mass is 16.2. The molecule has 1 saturated heterocycles. The number of imidazole rings is 2. The van der Waals surface area contributed by atoms with Gasteiger partial charge >= 0.3 is 0 Å². The highest BCUT2D eigenvalue weighted by molar-refractivity contribution is 5.80. The lowest BCUT2D eigenvalue weighted by molar-refractivity contribution is -0.133. The number of nitrogens with zero attached hydrogens (tertiary/aromatic N) is 6. The molecule has 0 N–H and O–H groups in total. The van der Waals surface area contributed by atoms with Crippen molar-refractivity contribution in [3.05, 3.63) is 60.7 Å². The molecule has 0 saturated carbocycles. The molecule has 1 amide bonds. The predicted octanol–water partition coefficient (Wildman–Crippen LogP) is 2.27. The monoisotopic (exact) mass is 388 g/mol. The zero-order valence-corrected chi connectivity index (χ0v) is 16.5. The van der Waals surface area contributed by atoms with E-state index in [9.17, 15) is 4.79 Å². The molecule has 1 fully saturated rings. The van der Waals surface area contributed by atoms with Gasteiger partial charge in [0.05, 0.1) is 34.9 Å². The fourth-order valence-corrected chi connectivity index (χ4v) is 4.07. The first-order valence-electron chi connectivity index (χ1n) is 9.99. The second-order valence-corrected chi connectivity index (χ2v) is 7.59. The summed E-state index contributed by atoms with van der Waals surface area (Å²) in [6.45, 7) is 4.36. The number of hydrogen-bond donors (Lipinski definition) is 0. The van der Waals surface area contributed by atoms with E-state index >= 15 is 0 Å². The lowest BCUT2D eigenvalue weighted by atomic mass is 10.3. The molecule has 1 aliphatic heterocycles. The second kappa shape index (κ2) is 7.33. The van der Waals surface area contributed by atoms with Crippen LogP contribution in [0.4, 0.5) is 0 Å². The first kappa shape index (κ1) is 17.9. The average Bonchev–Trinajstić information content (AvgIpc) is 3.30. The number of hydrogen-bond acceptors (Lipinski definition) is 4. The number of fused-ring (bicyclic) bond motifs is 2. The van der Waals surface area contributed by atoms with E-state index in [4.69, 9.17) is 4.98 Å². The van der Waals surface area contributed by atoms with Crippen LogP contribution in [-0.4, -0.2) is 61.0 Å². The van der Waals surface area contributed by atoms with Crippen molar-refractivity contribution >= 4 is 28.0 Å². The van der Waals surface area contributed by atoms with Crippen molar-refractivity contribution in [2.75, 3.05) is 26.2 Å². The van der Waals surface area contributed by atoms with Crippen molar-refractivity contribution in [1.82, 2.24) is 28.9 Å². The van der Waals surface area contributed by atoms with E-state index in [0.29, 0.717) is 6.54 Å². The Morgan fingerprint density at radius 1 is 0.931 bits per heavy atom. The fourth-order valence-electron chi connectivity index (χ4n) is 4.07. The van der Waals surface area contributed by atoms with Crippen molar-refractivity contribution < 1.29 is 4.79 Å². The maximum absolute atomic E-state index is 12.8. The Morgan fingerprint density at radius 3 is 2.38 bits per heavy atom. The number of piperazine rings is 1. The molecule has 3 heterocycles. The van der Waals surface area contributed by atoms with Crippen LogP contribution >= 0.6 is 0 Å². The van der Waals surface area contributed by atoms with Crippen LogP contribution in [0.1, 0.15) is 5.82 Å². The summed E-state index contributed by atoms with van der Waals surface area (Å²) in [6.07, 6.45) is 1.75. The average molecular weight is 388 g/mol. The molecule has 7 heteroatoms. The normalized spacial score (nSPS) is 15.4. The van der Waals surface area contributed by atoms with Crippen LogP contribution in [0.3, 0.4) is 0 Å². The lowest BCUT2D eigenvalue weighted by Gasteiger charge is -2.34. The van der Waals surface area contributed by atoms with Crippen LogP contribution in [0.2, 0.25) is 0 Å². The standard InChI is InChI=1S/C22H24N6O/c1-25-19-8-4-3-7-18(19)24-21(25)14-26-10-12-27(13-11-26)22(29)15-28-16-23-17-6-2-5-9-20(17)28/h2-9,16H,10-15H2,1H3. The predicted molar refractivity (Wildman–Crippen MR) is 112 cm³/mol. The Bertz CT molecular complexity index is 1170. The molecule has 0 radical (unpaired) electrons. The molecule has 0 aliphatic carbocycles. The Morgan fingerprint density at radius 2 is 1.62 bits per heavy atom. The van der Waals surface area contributed by atoms with Gasteiger partial charge in [-0.2, -0.15) is 0 Å². The maximum Gasteiger partial charge on any atom is 0.242 e. The Labute approximate surface area is 169 Å². The molecule has 1 aliphatic rings. The van der Waals surface area contributed by atoms with E-state index in [0.717, 1.165) is 60.6 Å². The minimum Gasteiger partial charge on any atom is -0.339 e. The van der Waals surface area contributed by atoms with Crippen molar-refractivity contribution in [1.29, 1.82) is 0 Å². The van der Waals surface area contributed by atoms with Gasteiger partial charge in [-0.3, -0.25) is 9.69 Å². The van der Waals surface area contributed by atoms with Gasteiger partial charge in [-0.05, 0) is 24.3 Å². The number of aromatic nitrogens is 4. The summed E-state index contributed by atoms with van der Waals surface area (Å²) in [6, 6.07) is 16.1. The zero-order chi connectivity index (χ0) is 19.8. The van der Waals surface area contributed by atoms with Crippen molar-refractivity contribution in [2.24, 2.45) is 7.05 Å². The molecule has 4 aromatic rings. The molecule has 29 heavy (non-hydrogen) atoms. The van der Waals surface area contributed by atoms with Gasteiger partial charge in [-0.1, -0.05) is 24.3 Å². The summed E-state index contributed by atoms with van der Waals surface area (Å²) in [5, 5.41) is 0. The second-order valence-electron chi connectivity index (χ2n) is 7.59. The van der Waals surface area contributed by atoms with E-state index in [2.05, 4.69) is 33.6 Å².